The van der Waals surface area contributed by atoms with E-state index in [1.54, 1.807) is 11.3 Å². The lowest BCUT2D eigenvalue weighted by molar-refractivity contribution is -0.907. The fourth-order valence-corrected chi connectivity index (χ4v) is 3.49. The molecule has 0 saturated heterocycles. The zero-order valence-electron chi connectivity index (χ0n) is 15.6. The Bertz CT molecular complexity index is 833. The van der Waals surface area contributed by atoms with Crippen molar-refractivity contribution in [3.8, 4) is 5.75 Å². The molecule has 4 nitrogen and oxygen atoms in total. The van der Waals surface area contributed by atoms with E-state index < -0.39 is 0 Å². The number of amides is 1. The SMILES string of the molecule is C[C@H](C(=O)Nc1ccc(OCc2ccccc2)cc1)[NH+](C)Cc1cccs1. The number of nitrogens with one attached hydrogen (secondary N) is 2. The van der Waals surface area contributed by atoms with Crippen molar-refractivity contribution in [1.82, 2.24) is 0 Å². The number of thiophene rings is 1. The van der Waals surface area contributed by atoms with Crippen LogP contribution in [0.25, 0.3) is 0 Å². The molecule has 5 heteroatoms. The van der Waals surface area contributed by atoms with Gasteiger partial charge in [-0.3, -0.25) is 4.79 Å². The van der Waals surface area contributed by atoms with Gasteiger partial charge in [0.05, 0.1) is 11.9 Å². The van der Waals surface area contributed by atoms with Gasteiger partial charge in [0.15, 0.2) is 6.04 Å². The summed E-state index contributed by atoms with van der Waals surface area (Å²) in [5, 5.41) is 5.06. The van der Waals surface area contributed by atoms with Gasteiger partial charge in [-0.2, -0.15) is 0 Å². The highest BCUT2D eigenvalue weighted by atomic mass is 32.1. The van der Waals surface area contributed by atoms with Crippen LogP contribution in [-0.4, -0.2) is 19.0 Å². The molecule has 0 aliphatic rings. The van der Waals surface area contributed by atoms with Crippen molar-refractivity contribution >= 4 is 22.9 Å². The maximum Gasteiger partial charge on any atom is 0.282 e. The zero-order chi connectivity index (χ0) is 19.1. The van der Waals surface area contributed by atoms with Gasteiger partial charge < -0.3 is 15.0 Å². The van der Waals surface area contributed by atoms with E-state index in [2.05, 4.69) is 16.8 Å². The molecule has 140 valence electrons. The van der Waals surface area contributed by atoms with Gasteiger partial charge in [0.25, 0.3) is 5.91 Å². The first-order chi connectivity index (χ1) is 13.1. The largest absolute Gasteiger partial charge is 0.489 e. The van der Waals surface area contributed by atoms with E-state index in [1.807, 2.05) is 74.6 Å². The zero-order valence-corrected chi connectivity index (χ0v) is 16.5. The first-order valence-electron chi connectivity index (χ1n) is 9.04. The monoisotopic (exact) mass is 381 g/mol. The van der Waals surface area contributed by atoms with Crippen LogP contribution < -0.4 is 15.0 Å². The van der Waals surface area contributed by atoms with E-state index in [1.165, 1.54) is 4.88 Å². The average Bonchev–Trinajstić information content (AvgIpc) is 3.20. The second-order valence-corrected chi connectivity index (χ2v) is 7.64. The third-order valence-corrected chi connectivity index (χ3v) is 5.41. The average molecular weight is 382 g/mol. The van der Waals surface area contributed by atoms with Crippen molar-refractivity contribution in [1.29, 1.82) is 0 Å². The minimum atomic E-state index is -0.138. The standard InChI is InChI=1S/C22H24N2O2S/c1-17(24(2)15-21-9-6-14-27-21)22(25)23-19-10-12-20(13-11-19)26-16-18-7-4-3-5-8-18/h3-14,17H,15-16H2,1-2H3,(H,23,25)/p+1/t17-/m1/s1. The van der Waals surface area contributed by atoms with Crippen LogP contribution in [-0.2, 0) is 17.9 Å². The number of carbonyl (C=O) groups excluding carboxylic acids is 1. The first-order valence-corrected chi connectivity index (χ1v) is 9.92. The predicted molar refractivity (Wildman–Crippen MR) is 110 cm³/mol. The number of likely N-dealkylation sites (N-methyl/N-ethyl adjacent to an activating group) is 1. The lowest BCUT2D eigenvalue weighted by atomic mass is 10.2. The molecule has 0 spiro atoms. The fraction of sp³-hybridized carbons (Fsp3) is 0.227. The number of ether oxygens (including phenoxy) is 1. The normalized spacial score (nSPS) is 13.0. The number of hydrogen-bond acceptors (Lipinski definition) is 3. The molecule has 0 fully saturated rings. The molecule has 27 heavy (non-hydrogen) atoms. The number of anilines is 1. The number of rotatable bonds is 8. The highest BCUT2D eigenvalue weighted by Gasteiger charge is 2.22. The second-order valence-electron chi connectivity index (χ2n) is 6.61. The molecule has 3 aromatic rings. The summed E-state index contributed by atoms with van der Waals surface area (Å²) in [5.41, 5.74) is 1.91. The summed E-state index contributed by atoms with van der Waals surface area (Å²) in [6.07, 6.45) is 0. The molecule has 2 N–H and O–H groups in total. The summed E-state index contributed by atoms with van der Waals surface area (Å²) in [7, 11) is 2.05. The molecule has 3 rings (SSSR count). The highest BCUT2D eigenvalue weighted by Crippen LogP contribution is 2.17. The molecule has 0 saturated carbocycles. The van der Waals surface area contributed by atoms with Gasteiger partial charge in [0, 0.05) is 5.69 Å². The topological polar surface area (TPSA) is 42.8 Å². The van der Waals surface area contributed by atoms with E-state index in [-0.39, 0.29) is 11.9 Å². The maximum atomic E-state index is 12.5. The molecule has 1 unspecified atom stereocenters. The van der Waals surface area contributed by atoms with Crippen molar-refractivity contribution < 1.29 is 14.4 Å². The van der Waals surface area contributed by atoms with Gasteiger partial charge in [0.2, 0.25) is 0 Å². The molecule has 1 amide bonds. The van der Waals surface area contributed by atoms with Gasteiger partial charge >= 0.3 is 0 Å². The molecule has 0 bridgehead atoms. The fourth-order valence-electron chi connectivity index (χ4n) is 2.69. The van der Waals surface area contributed by atoms with Crippen molar-refractivity contribution in [2.45, 2.75) is 26.1 Å². The van der Waals surface area contributed by atoms with E-state index in [0.29, 0.717) is 6.61 Å². The molecule has 0 aliphatic heterocycles. The van der Waals surface area contributed by atoms with E-state index in [9.17, 15) is 4.79 Å². The van der Waals surface area contributed by atoms with Crippen LogP contribution in [0.1, 0.15) is 17.4 Å². The molecular formula is C22H25N2O2S+. The predicted octanol–water partition coefficient (Wildman–Crippen LogP) is 3.37. The van der Waals surface area contributed by atoms with Gasteiger partial charge in [-0.25, -0.2) is 0 Å². The maximum absolute atomic E-state index is 12.5. The quantitative estimate of drug-likeness (QED) is 0.628. The molecule has 0 aliphatic carbocycles. The van der Waals surface area contributed by atoms with Gasteiger partial charge in [-0.05, 0) is 48.2 Å². The molecular weight excluding hydrogens is 356 g/mol. The molecule has 0 radical (unpaired) electrons. The molecule has 2 atom stereocenters. The summed E-state index contributed by atoms with van der Waals surface area (Å²) < 4.78 is 5.78. The summed E-state index contributed by atoms with van der Waals surface area (Å²) in [5.74, 6) is 0.798. The number of benzene rings is 2. The summed E-state index contributed by atoms with van der Waals surface area (Å²) in [4.78, 5) is 15.0. The van der Waals surface area contributed by atoms with Gasteiger partial charge in [-0.1, -0.05) is 36.4 Å². The van der Waals surface area contributed by atoms with E-state index in [4.69, 9.17) is 4.74 Å². The van der Waals surface area contributed by atoms with Crippen molar-refractivity contribution in [3.05, 3.63) is 82.6 Å². The number of quaternary nitrogens is 1. The highest BCUT2D eigenvalue weighted by molar-refractivity contribution is 7.09. The van der Waals surface area contributed by atoms with Gasteiger partial charge in [-0.15, -0.1) is 11.3 Å². The molecule has 2 aromatic carbocycles. The summed E-state index contributed by atoms with van der Waals surface area (Å²) >= 11 is 1.72. The number of carbonyl (C=O) groups is 1. The summed E-state index contributed by atoms with van der Waals surface area (Å²) in [6, 6.07) is 21.6. The van der Waals surface area contributed by atoms with Crippen LogP contribution in [0.4, 0.5) is 5.69 Å². The summed E-state index contributed by atoms with van der Waals surface area (Å²) in [6.45, 7) is 3.33. The van der Waals surface area contributed by atoms with Crippen LogP contribution in [0.2, 0.25) is 0 Å². The van der Waals surface area contributed by atoms with Crippen molar-refractivity contribution in [2.75, 3.05) is 12.4 Å². The van der Waals surface area contributed by atoms with Crippen LogP contribution in [0, 0.1) is 0 Å². The van der Waals surface area contributed by atoms with E-state index in [0.717, 1.165) is 28.4 Å². The second kappa shape index (κ2) is 9.35. The Morgan fingerprint density at radius 1 is 1.07 bits per heavy atom. The Hall–Kier alpha value is -2.63. The Labute approximate surface area is 164 Å². The van der Waals surface area contributed by atoms with Crippen molar-refractivity contribution in [3.63, 3.8) is 0 Å². The number of hydrogen-bond donors (Lipinski definition) is 2. The first kappa shape index (κ1) is 19.1. The van der Waals surface area contributed by atoms with Gasteiger partial charge in [0.1, 0.15) is 18.9 Å². The van der Waals surface area contributed by atoms with E-state index >= 15 is 0 Å². The minimum Gasteiger partial charge on any atom is -0.489 e. The Morgan fingerprint density at radius 3 is 2.48 bits per heavy atom. The lowest BCUT2D eigenvalue weighted by Gasteiger charge is -2.20. The minimum absolute atomic E-state index is 0.0158. The van der Waals surface area contributed by atoms with Crippen LogP contribution in [0.3, 0.4) is 0 Å². The molecule has 1 heterocycles. The van der Waals surface area contributed by atoms with Crippen LogP contribution >= 0.6 is 11.3 Å². The van der Waals surface area contributed by atoms with Crippen molar-refractivity contribution in [2.24, 2.45) is 0 Å². The third-order valence-electron chi connectivity index (χ3n) is 4.54. The Kier molecular flexibility index (Phi) is 6.63. The lowest BCUT2D eigenvalue weighted by Crippen LogP contribution is -3.12. The van der Waals surface area contributed by atoms with Crippen LogP contribution in [0.5, 0.6) is 5.75 Å². The third kappa shape index (κ3) is 5.67. The van der Waals surface area contributed by atoms with Crippen LogP contribution in [0.15, 0.2) is 72.1 Å². The molecule has 1 aromatic heterocycles. The smallest absolute Gasteiger partial charge is 0.282 e. The Morgan fingerprint density at radius 2 is 1.81 bits per heavy atom. The Balaban J connectivity index is 1.50.